The zero-order chi connectivity index (χ0) is 17.4. The fourth-order valence-electron chi connectivity index (χ4n) is 2.83. The molecule has 140 valence electrons. The molecule has 0 unspecified atom stereocenters. The number of aliphatic imine (C=N–C) groups is 1. The largest absolute Gasteiger partial charge is 0.355 e. The van der Waals surface area contributed by atoms with Crippen molar-refractivity contribution in [3.8, 4) is 0 Å². The average molecular weight is 462 g/mol. The van der Waals surface area contributed by atoms with Crippen molar-refractivity contribution in [2.45, 2.75) is 45.1 Å². The van der Waals surface area contributed by atoms with Crippen LogP contribution in [0, 0.1) is 12.7 Å². The van der Waals surface area contributed by atoms with E-state index in [4.69, 9.17) is 0 Å². The molecule has 1 fully saturated rings. The van der Waals surface area contributed by atoms with Crippen LogP contribution in [0.1, 0.15) is 48.0 Å². The fourth-order valence-corrected chi connectivity index (χ4v) is 2.83. The third-order valence-electron chi connectivity index (χ3n) is 4.31. The molecule has 1 aliphatic carbocycles. The molecule has 0 saturated heterocycles. The van der Waals surface area contributed by atoms with Crippen LogP contribution >= 0.6 is 24.0 Å². The average Bonchev–Trinajstić information content (AvgIpc) is 2.60. The van der Waals surface area contributed by atoms with Crippen molar-refractivity contribution in [3.63, 3.8) is 0 Å². The molecule has 5 nitrogen and oxygen atoms in total. The number of rotatable bonds is 5. The van der Waals surface area contributed by atoms with Crippen molar-refractivity contribution >= 4 is 35.8 Å². The Morgan fingerprint density at radius 2 is 1.88 bits per heavy atom. The second kappa shape index (κ2) is 11.3. The minimum absolute atomic E-state index is 0. The third-order valence-corrected chi connectivity index (χ3v) is 4.31. The standard InChI is InChI=1S/C18H27FN4O.HI/c1-13-8-9-14(12-16(13)19)17(24)21-10-11-22-18(20-2)23-15-6-4-3-5-7-15;/h8-9,12,15H,3-7,10-11H2,1-2H3,(H,21,24)(H2,20,22,23);1H. The van der Waals surface area contributed by atoms with Gasteiger partial charge in [-0.2, -0.15) is 0 Å². The number of carbonyl (C=O) groups excluding carboxylic acids is 1. The van der Waals surface area contributed by atoms with E-state index < -0.39 is 0 Å². The van der Waals surface area contributed by atoms with Crippen LogP contribution in [0.4, 0.5) is 4.39 Å². The molecule has 1 aromatic carbocycles. The predicted molar refractivity (Wildman–Crippen MR) is 110 cm³/mol. The highest BCUT2D eigenvalue weighted by Gasteiger charge is 2.14. The van der Waals surface area contributed by atoms with E-state index in [1.54, 1.807) is 26.1 Å². The molecule has 1 amide bonds. The van der Waals surface area contributed by atoms with Gasteiger partial charge in [-0.25, -0.2) is 4.39 Å². The lowest BCUT2D eigenvalue weighted by Gasteiger charge is -2.24. The number of hydrogen-bond donors (Lipinski definition) is 3. The van der Waals surface area contributed by atoms with E-state index in [1.165, 1.54) is 38.2 Å². The smallest absolute Gasteiger partial charge is 0.251 e. The van der Waals surface area contributed by atoms with E-state index >= 15 is 0 Å². The van der Waals surface area contributed by atoms with Gasteiger partial charge in [0.05, 0.1) is 0 Å². The van der Waals surface area contributed by atoms with E-state index in [0.29, 0.717) is 30.3 Å². The monoisotopic (exact) mass is 462 g/mol. The third kappa shape index (κ3) is 7.17. The molecule has 0 aromatic heterocycles. The molecule has 0 atom stereocenters. The van der Waals surface area contributed by atoms with Crippen LogP contribution in [0.15, 0.2) is 23.2 Å². The summed E-state index contributed by atoms with van der Waals surface area (Å²) in [5, 5.41) is 9.39. The number of nitrogens with zero attached hydrogens (tertiary/aromatic N) is 1. The molecule has 0 radical (unpaired) electrons. The van der Waals surface area contributed by atoms with Crippen LogP contribution in [0.3, 0.4) is 0 Å². The lowest BCUT2D eigenvalue weighted by molar-refractivity contribution is 0.0954. The highest BCUT2D eigenvalue weighted by Crippen LogP contribution is 2.17. The lowest BCUT2D eigenvalue weighted by atomic mass is 9.96. The summed E-state index contributed by atoms with van der Waals surface area (Å²) < 4.78 is 13.5. The summed E-state index contributed by atoms with van der Waals surface area (Å²) in [4.78, 5) is 16.2. The summed E-state index contributed by atoms with van der Waals surface area (Å²) in [5.74, 6) is 0.126. The molecular weight excluding hydrogens is 434 g/mol. The summed E-state index contributed by atoms with van der Waals surface area (Å²) in [7, 11) is 1.74. The molecule has 2 rings (SSSR count). The lowest BCUT2D eigenvalue weighted by Crippen LogP contribution is -2.46. The fraction of sp³-hybridized carbons (Fsp3) is 0.556. The van der Waals surface area contributed by atoms with Crippen molar-refractivity contribution in [1.82, 2.24) is 16.0 Å². The number of halogens is 2. The maximum atomic E-state index is 13.5. The Bertz CT molecular complexity index is 588. The van der Waals surface area contributed by atoms with Gasteiger partial charge in [-0.05, 0) is 37.5 Å². The maximum absolute atomic E-state index is 13.5. The number of guanidine groups is 1. The normalized spacial score (nSPS) is 15.2. The molecule has 3 N–H and O–H groups in total. The van der Waals surface area contributed by atoms with Crippen LogP contribution in [-0.4, -0.2) is 38.0 Å². The number of nitrogens with one attached hydrogen (secondary N) is 3. The number of hydrogen-bond acceptors (Lipinski definition) is 2. The minimum atomic E-state index is -0.363. The molecule has 0 spiro atoms. The second-order valence-corrected chi connectivity index (χ2v) is 6.20. The van der Waals surface area contributed by atoms with Crippen LogP contribution in [0.2, 0.25) is 0 Å². The molecule has 1 saturated carbocycles. The Balaban J connectivity index is 0.00000312. The van der Waals surface area contributed by atoms with E-state index in [9.17, 15) is 9.18 Å². The Morgan fingerprint density at radius 1 is 1.20 bits per heavy atom. The first-order valence-electron chi connectivity index (χ1n) is 8.61. The van der Waals surface area contributed by atoms with Crippen LogP contribution in [0.25, 0.3) is 0 Å². The Kier molecular flexibility index (Phi) is 9.77. The molecule has 1 aromatic rings. The van der Waals surface area contributed by atoms with Crippen molar-refractivity contribution < 1.29 is 9.18 Å². The molecule has 25 heavy (non-hydrogen) atoms. The van der Waals surface area contributed by atoms with Gasteiger partial charge in [-0.3, -0.25) is 9.79 Å². The van der Waals surface area contributed by atoms with E-state index in [1.807, 2.05) is 0 Å². The van der Waals surface area contributed by atoms with Gasteiger partial charge >= 0.3 is 0 Å². The van der Waals surface area contributed by atoms with E-state index in [-0.39, 0.29) is 35.7 Å². The zero-order valence-corrected chi connectivity index (χ0v) is 17.2. The highest BCUT2D eigenvalue weighted by molar-refractivity contribution is 14.0. The summed E-state index contributed by atoms with van der Waals surface area (Å²) in [6, 6.07) is 4.99. The van der Waals surface area contributed by atoms with E-state index in [2.05, 4.69) is 20.9 Å². The van der Waals surface area contributed by atoms with Gasteiger partial charge < -0.3 is 16.0 Å². The van der Waals surface area contributed by atoms with Crippen LogP contribution < -0.4 is 16.0 Å². The molecular formula is C18H28FIN4O. The molecule has 0 heterocycles. The number of aryl methyl sites for hydroxylation is 1. The minimum Gasteiger partial charge on any atom is -0.355 e. The first-order chi connectivity index (χ1) is 11.6. The number of amides is 1. The van der Waals surface area contributed by atoms with Gasteiger partial charge in [0, 0.05) is 31.7 Å². The first-order valence-corrected chi connectivity index (χ1v) is 8.61. The second-order valence-electron chi connectivity index (χ2n) is 6.20. The molecule has 0 bridgehead atoms. The summed E-state index contributed by atoms with van der Waals surface area (Å²) >= 11 is 0. The van der Waals surface area contributed by atoms with Gasteiger partial charge in [-0.15, -0.1) is 24.0 Å². The van der Waals surface area contributed by atoms with Gasteiger partial charge in [0.2, 0.25) is 0 Å². The maximum Gasteiger partial charge on any atom is 0.251 e. The van der Waals surface area contributed by atoms with Crippen molar-refractivity contribution in [2.24, 2.45) is 4.99 Å². The highest BCUT2D eigenvalue weighted by atomic mass is 127. The summed E-state index contributed by atoms with van der Waals surface area (Å²) in [6.07, 6.45) is 6.19. The van der Waals surface area contributed by atoms with Gasteiger partial charge in [-0.1, -0.05) is 25.3 Å². The number of benzene rings is 1. The Hall–Kier alpha value is -1.38. The number of carbonyl (C=O) groups is 1. The van der Waals surface area contributed by atoms with Crippen LogP contribution in [-0.2, 0) is 0 Å². The summed E-state index contributed by atoms with van der Waals surface area (Å²) in [6.45, 7) is 2.68. The Labute approximate surface area is 166 Å². The van der Waals surface area contributed by atoms with Gasteiger partial charge in [0.25, 0.3) is 5.91 Å². The van der Waals surface area contributed by atoms with Gasteiger partial charge in [0.15, 0.2) is 5.96 Å². The molecule has 0 aliphatic heterocycles. The van der Waals surface area contributed by atoms with Crippen molar-refractivity contribution in [1.29, 1.82) is 0 Å². The van der Waals surface area contributed by atoms with Crippen molar-refractivity contribution in [3.05, 3.63) is 35.1 Å². The summed E-state index contributed by atoms with van der Waals surface area (Å²) in [5.41, 5.74) is 0.869. The predicted octanol–water partition coefficient (Wildman–Crippen LogP) is 2.98. The first kappa shape index (κ1) is 21.7. The van der Waals surface area contributed by atoms with E-state index in [0.717, 1.165) is 5.96 Å². The zero-order valence-electron chi connectivity index (χ0n) is 14.9. The SMILES string of the molecule is CN=C(NCCNC(=O)c1ccc(C)c(F)c1)NC1CCCCC1.I. The van der Waals surface area contributed by atoms with Crippen molar-refractivity contribution in [2.75, 3.05) is 20.1 Å². The Morgan fingerprint density at radius 3 is 2.52 bits per heavy atom. The quantitative estimate of drug-likeness (QED) is 0.273. The van der Waals surface area contributed by atoms with Gasteiger partial charge in [0.1, 0.15) is 5.82 Å². The topological polar surface area (TPSA) is 65.5 Å². The molecule has 7 heteroatoms. The molecule has 1 aliphatic rings. The van der Waals surface area contributed by atoms with Crippen LogP contribution in [0.5, 0.6) is 0 Å².